The van der Waals surface area contributed by atoms with Crippen LogP contribution in [0.15, 0.2) is 30.3 Å². The van der Waals surface area contributed by atoms with E-state index in [2.05, 4.69) is 5.32 Å². The van der Waals surface area contributed by atoms with Gasteiger partial charge < -0.3 is 15.2 Å². The molecule has 0 fully saturated rings. The SMILES string of the molecule is CCCC(C)C(CC(=O)O)NC(=O)OCc1ccccc1. The number of nitrogens with one attached hydrogen (secondary N) is 1. The summed E-state index contributed by atoms with van der Waals surface area (Å²) in [6.07, 6.45) is 1.13. The molecular formula is C16H23NO4. The van der Waals surface area contributed by atoms with Gasteiger partial charge in [0.2, 0.25) is 0 Å². The molecule has 0 aliphatic rings. The summed E-state index contributed by atoms with van der Waals surface area (Å²) in [7, 11) is 0. The number of rotatable bonds is 8. The molecule has 0 aliphatic carbocycles. The summed E-state index contributed by atoms with van der Waals surface area (Å²) >= 11 is 0. The number of benzene rings is 1. The molecule has 116 valence electrons. The minimum absolute atomic E-state index is 0.0929. The summed E-state index contributed by atoms with van der Waals surface area (Å²) < 4.78 is 5.13. The smallest absolute Gasteiger partial charge is 0.407 e. The van der Waals surface area contributed by atoms with Gasteiger partial charge in [0.25, 0.3) is 0 Å². The van der Waals surface area contributed by atoms with Crippen LogP contribution in [-0.2, 0) is 16.1 Å². The lowest BCUT2D eigenvalue weighted by atomic mass is 9.94. The third-order valence-electron chi connectivity index (χ3n) is 3.34. The van der Waals surface area contributed by atoms with Gasteiger partial charge in [-0.05, 0) is 17.9 Å². The van der Waals surface area contributed by atoms with Gasteiger partial charge in [-0.3, -0.25) is 4.79 Å². The number of hydrogen-bond donors (Lipinski definition) is 2. The monoisotopic (exact) mass is 293 g/mol. The normalized spacial score (nSPS) is 13.2. The van der Waals surface area contributed by atoms with Gasteiger partial charge >= 0.3 is 12.1 Å². The van der Waals surface area contributed by atoms with Gasteiger partial charge in [0.15, 0.2) is 0 Å². The van der Waals surface area contributed by atoms with Crippen molar-refractivity contribution in [2.45, 2.75) is 45.8 Å². The van der Waals surface area contributed by atoms with Crippen molar-refractivity contribution in [1.82, 2.24) is 5.32 Å². The van der Waals surface area contributed by atoms with Crippen molar-refractivity contribution in [2.75, 3.05) is 0 Å². The zero-order valence-corrected chi connectivity index (χ0v) is 12.5. The molecule has 2 N–H and O–H groups in total. The molecule has 0 radical (unpaired) electrons. The summed E-state index contributed by atoms with van der Waals surface area (Å²) in [5, 5.41) is 11.6. The first-order valence-electron chi connectivity index (χ1n) is 7.22. The van der Waals surface area contributed by atoms with Crippen molar-refractivity contribution >= 4 is 12.1 Å². The Balaban J connectivity index is 2.49. The first-order chi connectivity index (χ1) is 10.0. The van der Waals surface area contributed by atoms with E-state index < -0.39 is 18.1 Å². The van der Waals surface area contributed by atoms with Crippen molar-refractivity contribution in [3.05, 3.63) is 35.9 Å². The van der Waals surface area contributed by atoms with Gasteiger partial charge in [-0.25, -0.2) is 4.79 Å². The van der Waals surface area contributed by atoms with E-state index in [9.17, 15) is 9.59 Å². The first kappa shape index (κ1) is 17.0. The second kappa shape index (κ2) is 9.00. The highest BCUT2D eigenvalue weighted by atomic mass is 16.5. The Labute approximate surface area is 125 Å². The Morgan fingerprint density at radius 2 is 1.95 bits per heavy atom. The fourth-order valence-electron chi connectivity index (χ4n) is 2.16. The van der Waals surface area contributed by atoms with Gasteiger partial charge in [0, 0.05) is 6.04 Å². The van der Waals surface area contributed by atoms with Crippen LogP contribution in [0.2, 0.25) is 0 Å². The Kier molecular flexibility index (Phi) is 7.29. The molecule has 0 aromatic heterocycles. The van der Waals surface area contributed by atoms with Crippen LogP contribution in [0.5, 0.6) is 0 Å². The molecule has 1 aromatic carbocycles. The largest absolute Gasteiger partial charge is 0.481 e. The summed E-state index contributed by atoms with van der Waals surface area (Å²) in [6, 6.07) is 8.94. The van der Waals surface area contributed by atoms with Crippen LogP contribution in [-0.4, -0.2) is 23.2 Å². The first-order valence-corrected chi connectivity index (χ1v) is 7.22. The van der Waals surface area contributed by atoms with E-state index in [1.165, 1.54) is 0 Å². The highest BCUT2D eigenvalue weighted by molar-refractivity contribution is 5.71. The number of carboxylic acid groups (broad SMARTS) is 1. The van der Waals surface area contributed by atoms with Gasteiger partial charge in [-0.1, -0.05) is 50.6 Å². The Morgan fingerprint density at radius 3 is 2.52 bits per heavy atom. The number of amides is 1. The molecule has 0 bridgehead atoms. The minimum atomic E-state index is -0.925. The number of alkyl carbamates (subject to hydrolysis) is 1. The maximum Gasteiger partial charge on any atom is 0.407 e. The molecule has 5 heteroatoms. The summed E-state index contributed by atoms with van der Waals surface area (Å²) in [5.74, 6) is -0.832. The van der Waals surface area contributed by atoms with Crippen LogP contribution in [0.1, 0.15) is 38.7 Å². The van der Waals surface area contributed by atoms with Gasteiger partial charge in [0.05, 0.1) is 6.42 Å². The maximum absolute atomic E-state index is 11.8. The lowest BCUT2D eigenvalue weighted by Crippen LogP contribution is -2.41. The Bertz CT molecular complexity index is 447. The molecule has 21 heavy (non-hydrogen) atoms. The molecule has 1 rings (SSSR count). The molecule has 1 amide bonds. The van der Waals surface area contributed by atoms with Crippen molar-refractivity contribution < 1.29 is 19.4 Å². The van der Waals surface area contributed by atoms with Crippen LogP contribution in [0.3, 0.4) is 0 Å². The minimum Gasteiger partial charge on any atom is -0.481 e. The lowest BCUT2D eigenvalue weighted by molar-refractivity contribution is -0.137. The Hall–Kier alpha value is -2.04. The third-order valence-corrected chi connectivity index (χ3v) is 3.34. The number of ether oxygens (including phenoxy) is 1. The van der Waals surface area contributed by atoms with Crippen molar-refractivity contribution in [1.29, 1.82) is 0 Å². The molecule has 0 spiro atoms. The quantitative estimate of drug-likeness (QED) is 0.771. The third kappa shape index (κ3) is 6.79. The molecule has 2 unspecified atom stereocenters. The van der Waals surface area contributed by atoms with Crippen LogP contribution >= 0.6 is 0 Å². The second-order valence-corrected chi connectivity index (χ2v) is 5.18. The van der Waals surface area contributed by atoms with E-state index in [0.717, 1.165) is 18.4 Å². The number of hydrogen-bond acceptors (Lipinski definition) is 3. The molecule has 2 atom stereocenters. The lowest BCUT2D eigenvalue weighted by Gasteiger charge is -2.23. The van der Waals surface area contributed by atoms with Crippen molar-refractivity contribution in [3.8, 4) is 0 Å². The molecule has 0 saturated heterocycles. The molecule has 0 heterocycles. The maximum atomic E-state index is 11.8. The van der Waals surface area contributed by atoms with Crippen molar-refractivity contribution in [2.24, 2.45) is 5.92 Å². The molecule has 0 aliphatic heterocycles. The van der Waals surface area contributed by atoms with Crippen LogP contribution < -0.4 is 5.32 Å². The van der Waals surface area contributed by atoms with Crippen LogP contribution in [0.25, 0.3) is 0 Å². The summed E-state index contributed by atoms with van der Waals surface area (Å²) in [5.41, 5.74) is 0.893. The summed E-state index contributed by atoms with van der Waals surface area (Å²) in [4.78, 5) is 22.7. The number of carboxylic acids is 1. The van der Waals surface area contributed by atoms with E-state index >= 15 is 0 Å². The van der Waals surface area contributed by atoms with E-state index in [-0.39, 0.29) is 18.9 Å². The molecule has 5 nitrogen and oxygen atoms in total. The van der Waals surface area contributed by atoms with E-state index in [4.69, 9.17) is 9.84 Å². The Morgan fingerprint density at radius 1 is 1.29 bits per heavy atom. The average Bonchev–Trinajstić information content (AvgIpc) is 2.45. The molecular weight excluding hydrogens is 270 g/mol. The zero-order chi connectivity index (χ0) is 15.7. The fraction of sp³-hybridized carbons (Fsp3) is 0.500. The highest BCUT2D eigenvalue weighted by Gasteiger charge is 2.22. The van der Waals surface area contributed by atoms with Gasteiger partial charge in [0.1, 0.15) is 6.61 Å². The molecule has 0 saturated carbocycles. The average molecular weight is 293 g/mol. The summed E-state index contributed by atoms with van der Waals surface area (Å²) in [6.45, 7) is 4.14. The predicted molar refractivity (Wildman–Crippen MR) is 79.9 cm³/mol. The predicted octanol–water partition coefficient (Wildman–Crippen LogP) is 3.19. The molecule has 1 aromatic rings. The van der Waals surface area contributed by atoms with E-state index in [0.29, 0.717) is 0 Å². The van der Waals surface area contributed by atoms with Gasteiger partial charge in [-0.15, -0.1) is 0 Å². The van der Waals surface area contributed by atoms with E-state index in [1.54, 1.807) is 0 Å². The van der Waals surface area contributed by atoms with Gasteiger partial charge in [-0.2, -0.15) is 0 Å². The number of carbonyl (C=O) groups excluding carboxylic acids is 1. The van der Waals surface area contributed by atoms with Crippen molar-refractivity contribution in [3.63, 3.8) is 0 Å². The van der Waals surface area contributed by atoms with Crippen LogP contribution in [0, 0.1) is 5.92 Å². The fourth-order valence-corrected chi connectivity index (χ4v) is 2.16. The van der Waals surface area contributed by atoms with E-state index in [1.807, 2.05) is 44.2 Å². The second-order valence-electron chi connectivity index (χ2n) is 5.18. The topological polar surface area (TPSA) is 75.6 Å². The van der Waals surface area contributed by atoms with Crippen LogP contribution in [0.4, 0.5) is 4.79 Å². The number of carbonyl (C=O) groups is 2. The standard InChI is InChI=1S/C16H23NO4/c1-3-7-12(2)14(10-15(18)19)17-16(20)21-11-13-8-5-4-6-9-13/h4-6,8-9,12,14H,3,7,10-11H2,1-2H3,(H,17,20)(H,18,19). The number of aliphatic carboxylic acids is 1. The highest BCUT2D eigenvalue weighted by Crippen LogP contribution is 2.14. The zero-order valence-electron chi connectivity index (χ0n) is 12.5.